The first-order valence-corrected chi connectivity index (χ1v) is 9.02. The highest BCUT2D eigenvalue weighted by atomic mass is 19.1. The van der Waals surface area contributed by atoms with Gasteiger partial charge in [-0.25, -0.2) is 4.39 Å². The van der Waals surface area contributed by atoms with Crippen LogP contribution in [0, 0.1) is 19.7 Å². The van der Waals surface area contributed by atoms with Crippen LogP contribution in [0.4, 0.5) is 4.39 Å². The fourth-order valence-corrected chi connectivity index (χ4v) is 3.25. The average molecular weight is 383 g/mol. The van der Waals surface area contributed by atoms with Gasteiger partial charge in [-0.15, -0.1) is 0 Å². The third kappa shape index (κ3) is 3.63. The molecule has 0 amide bonds. The van der Waals surface area contributed by atoms with Gasteiger partial charge in [0.25, 0.3) is 5.91 Å². The van der Waals surface area contributed by atoms with Crippen LogP contribution < -0.4 is 0 Å². The molecule has 0 atom stereocenters. The molecule has 0 aliphatic carbocycles. The minimum absolute atomic E-state index is 0.0836. The van der Waals surface area contributed by atoms with E-state index in [0.29, 0.717) is 27.7 Å². The van der Waals surface area contributed by atoms with Crippen molar-refractivity contribution >= 4 is 22.8 Å². The summed E-state index contributed by atoms with van der Waals surface area (Å²) in [6.45, 7) is 7.10. The Morgan fingerprint density at radius 1 is 1.14 bits per heavy atom. The number of carbonyl (C=O) groups is 2. The number of phenolic OH excluding ortho intramolecular Hbond substituents is 1. The second-order valence-electron chi connectivity index (χ2n) is 7.11. The molecule has 0 aliphatic heterocycles. The molecule has 146 valence electrons. The SMILES string of the molecule is Cc1ccc(C(=O)n2c(C)c(CC(=O)OC(C)C)c3cc(O)c(F)cc32)cc1. The van der Waals surface area contributed by atoms with E-state index in [-0.39, 0.29) is 18.4 Å². The zero-order valence-corrected chi connectivity index (χ0v) is 16.2. The first kappa shape index (κ1) is 19.6. The molecule has 0 saturated heterocycles. The molecule has 0 spiro atoms. The first-order chi connectivity index (χ1) is 13.2. The smallest absolute Gasteiger partial charge is 0.310 e. The van der Waals surface area contributed by atoms with Gasteiger partial charge in [0.2, 0.25) is 0 Å². The second kappa shape index (κ2) is 7.46. The van der Waals surface area contributed by atoms with Crippen LogP contribution in [0.15, 0.2) is 36.4 Å². The van der Waals surface area contributed by atoms with Crippen molar-refractivity contribution < 1.29 is 23.8 Å². The summed E-state index contributed by atoms with van der Waals surface area (Å²) in [5.41, 5.74) is 2.78. The highest BCUT2D eigenvalue weighted by Crippen LogP contribution is 2.32. The summed E-state index contributed by atoms with van der Waals surface area (Å²) in [5.74, 6) is -2.16. The number of aromatic nitrogens is 1. The number of carbonyl (C=O) groups excluding carboxylic acids is 2. The molecule has 3 rings (SSSR count). The van der Waals surface area contributed by atoms with Crippen LogP contribution in [0.1, 0.15) is 41.0 Å². The molecule has 0 saturated carbocycles. The van der Waals surface area contributed by atoms with E-state index in [1.165, 1.54) is 10.6 Å². The molecule has 0 bridgehead atoms. The third-order valence-electron chi connectivity index (χ3n) is 4.59. The normalized spacial score (nSPS) is 11.2. The zero-order chi connectivity index (χ0) is 20.6. The van der Waals surface area contributed by atoms with E-state index < -0.39 is 17.5 Å². The maximum absolute atomic E-state index is 14.1. The largest absolute Gasteiger partial charge is 0.505 e. The number of esters is 1. The van der Waals surface area contributed by atoms with Crippen molar-refractivity contribution in [1.82, 2.24) is 4.57 Å². The van der Waals surface area contributed by atoms with E-state index in [1.54, 1.807) is 32.9 Å². The van der Waals surface area contributed by atoms with Gasteiger partial charge in [-0.1, -0.05) is 17.7 Å². The average Bonchev–Trinajstić information content (AvgIpc) is 2.86. The number of fused-ring (bicyclic) bond motifs is 1. The molecule has 0 aliphatic rings. The van der Waals surface area contributed by atoms with Crippen molar-refractivity contribution in [3.8, 4) is 5.75 Å². The fourth-order valence-electron chi connectivity index (χ4n) is 3.25. The Kier molecular flexibility index (Phi) is 5.23. The van der Waals surface area contributed by atoms with Crippen LogP contribution in [0.2, 0.25) is 0 Å². The summed E-state index contributed by atoms with van der Waals surface area (Å²) in [7, 11) is 0. The third-order valence-corrected chi connectivity index (χ3v) is 4.59. The van der Waals surface area contributed by atoms with Crippen molar-refractivity contribution in [2.24, 2.45) is 0 Å². The van der Waals surface area contributed by atoms with Gasteiger partial charge in [0.05, 0.1) is 18.0 Å². The standard InChI is InChI=1S/C22H22FNO4/c1-12(2)28-21(26)10-16-14(4)24(19-11-18(23)20(25)9-17(16)19)22(27)15-7-5-13(3)6-8-15/h5-9,11-12,25H,10H2,1-4H3. The lowest BCUT2D eigenvalue weighted by Gasteiger charge is -2.09. The Morgan fingerprint density at radius 3 is 2.39 bits per heavy atom. The highest BCUT2D eigenvalue weighted by Gasteiger charge is 2.23. The van der Waals surface area contributed by atoms with Crippen LogP contribution in [0.25, 0.3) is 10.9 Å². The van der Waals surface area contributed by atoms with Crippen LogP contribution in [-0.2, 0) is 16.0 Å². The van der Waals surface area contributed by atoms with Gasteiger partial charge in [0.1, 0.15) is 0 Å². The monoisotopic (exact) mass is 383 g/mol. The number of hydrogen-bond acceptors (Lipinski definition) is 4. The molecule has 1 aromatic heterocycles. The maximum atomic E-state index is 14.1. The number of ether oxygens (including phenoxy) is 1. The minimum atomic E-state index is -0.834. The zero-order valence-electron chi connectivity index (χ0n) is 16.2. The van der Waals surface area contributed by atoms with Gasteiger partial charge in [-0.2, -0.15) is 0 Å². The summed E-state index contributed by atoms with van der Waals surface area (Å²) < 4.78 is 20.6. The van der Waals surface area contributed by atoms with Gasteiger partial charge < -0.3 is 9.84 Å². The number of aromatic hydroxyl groups is 1. The number of phenols is 1. The summed E-state index contributed by atoms with van der Waals surface area (Å²) in [4.78, 5) is 25.3. The minimum Gasteiger partial charge on any atom is -0.505 e. The van der Waals surface area contributed by atoms with Crippen molar-refractivity contribution in [3.63, 3.8) is 0 Å². The Morgan fingerprint density at radius 2 is 1.79 bits per heavy atom. The molecule has 0 radical (unpaired) electrons. The first-order valence-electron chi connectivity index (χ1n) is 9.02. The highest BCUT2D eigenvalue weighted by molar-refractivity contribution is 6.05. The van der Waals surface area contributed by atoms with Gasteiger partial charge in [-0.05, 0) is 51.5 Å². The summed E-state index contributed by atoms with van der Waals surface area (Å²) in [6.07, 6.45) is -0.360. The van der Waals surface area contributed by atoms with E-state index in [1.807, 2.05) is 19.1 Å². The van der Waals surface area contributed by atoms with E-state index in [0.717, 1.165) is 11.6 Å². The van der Waals surface area contributed by atoms with Crippen molar-refractivity contribution in [2.45, 2.75) is 40.2 Å². The second-order valence-corrected chi connectivity index (χ2v) is 7.11. The van der Waals surface area contributed by atoms with Gasteiger partial charge >= 0.3 is 5.97 Å². The van der Waals surface area contributed by atoms with Crippen molar-refractivity contribution in [3.05, 3.63) is 64.6 Å². The number of hydrogen-bond donors (Lipinski definition) is 1. The van der Waals surface area contributed by atoms with Crippen LogP contribution in [0.3, 0.4) is 0 Å². The number of benzene rings is 2. The van der Waals surface area contributed by atoms with E-state index in [9.17, 15) is 19.1 Å². The lowest BCUT2D eigenvalue weighted by Crippen LogP contribution is -2.16. The Bertz CT molecular complexity index is 1060. The molecule has 28 heavy (non-hydrogen) atoms. The number of rotatable bonds is 4. The predicted octanol–water partition coefficient (Wildman–Crippen LogP) is 4.29. The summed E-state index contributed by atoms with van der Waals surface area (Å²) in [6, 6.07) is 9.40. The molecular formula is C22H22FNO4. The maximum Gasteiger partial charge on any atom is 0.310 e. The van der Waals surface area contributed by atoms with Crippen molar-refractivity contribution in [2.75, 3.05) is 0 Å². The van der Waals surface area contributed by atoms with Crippen molar-refractivity contribution in [1.29, 1.82) is 0 Å². The molecule has 0 fully saturated rings. The van der Waals surface area contributed by atoms with E-state index >= 15 is 0 Å². The van der Waals surface area contributed by atoms with Crippen LogP contribution in [-0.4, -0.2) is 27.7 Å². The molecule has 1 heterocycles. The Hall–Kier alpha value is -3.15. The summed E-state index contributed by atoms with van der Waals surface area (Å²) >= 11 is 0. The summed E-state index contributed by atoms with van der Waals surface area (Å²) in [5, 5.41) is 10.3. The molecule has 3 aromatic rings. The molecular weight excluding hydrogens is 361 g/mol. The lowest BCUT2D eigenvalue weighted by atomic mass is 10.1. The number of halogens is 1. The fraction of sp³-hybridized carbons (Fsp3) is 0.273. The van der Waals surface area contributed by atoms with E-state index in [2.05, 4.69) is 0 Å². The van der Waals surface area contributed by atoms with Gasteiger partial charge in [-0.3, -0.25) is 14.2 Å². The number of aryl methyl sites for hydroxylation is 1. The topological polar surface area (TPSA) is 68.5 Å². The lowest BCUT2D eigenvalue weighted by molar-refractivity contribution is -0.146. The molecule has 5 nitrogen and oxygen atoms in total. The molecule has 6 heteroatoms. The quantitative estimate of drug-likeness (QED) is 0.683. The van der Waals surface area contributed by atoms with Gasteiger partial charge in [0, 0.05) is 22.7 Å². The van der Waals surface area contributed by atoms with Crippen LogP contribution >= 0.6 is 0 Å². The van der Waals surface area contributed by atoms with Crippen LogP contribution in [0.5, 0.6) is 5.75 Å². The predicted molar refractivity (Wildman–Crippen MR) is 104 cm³/mol. The van der Waals surface area contributed by atoms with Gasteiger partial charge in [0.15, 0.2) is 11.6 Å². The van der Waals surface area contributed by atoms with E-state index in [4.69, 9.17) is 4.74 Å². The molecule has 1 N–H and O–H groups in total. The molecule has 0 unspecified atom stereocenters. The Balaban J connectivity index is 2.18. The Labute approximate surface area is 162 Å². The molecule has 2 aromatic carbocycles. The number of nitrogens with zero attached hydrogens (tertiary/aromatic N) is 1.